The van der Waals surface area contributed by atoms with Crippen LogP contribution in [0.15, 0.2) is 42.5 Å². The SMILES string of the molecule is Cc1ccccc1CN(CC(=O)Nc1c(F)cccc1F)S(C)(=O)=O. The zero-order chi connectivity index (χ0) is 18.6. The van der Waals surface area contributed by atoms with E-state index in [9.17, 15) is 22.0 Å². The highest BCUT2D eigenvalue weighted by atomic mass is 32.2. The minimum absolute atomic E-state index is 0.0152. The number of rotatable bonds is 6. The predicted octanol–water partition coefficient (Wildman–Crippen LogP) is 2.67. The number of aryl methyl sites for hydroxylation is 1. The summed E-state index contributed by atoms with van der Waals surface area (Å²) in [7, 11) is -3.70. The Balaban J connectivity index is 2.18. The normalized spacial score (nSPS) is 11.6. The van der Waals surface area contributed by atoms with Crippen LogP contribution in [0.2, 0.25) is 0 Å². The van der Waals surface area contributed by atoms with Crippen LogP contribution in [0.3, 0.4) is 0 Å². The Hall–Kier alpha value is -2.32. The maximum absolute atomic E-state index is 13.6. The van der Waals surface area contributed by atoms with Crippen molar-refractivity contribution in [1.82, 2.24) is 4.31 Å². The molecule has 5 nitrogen and oxygen atoms in total. The molecule has 2 aromatic carbocycles. The average molecular weight is 368 g/mol. The maximum Gasteiger partial charge on any atom is 0.239 e. The van der Waals surface area contributed by atoms with Gasteiger partial charge in [-0.25, -0.2) is 17.2 Å². The Bertz CT molecular complexity index is 865. The van der Waals surface area contributed by atoms with Crippen LogP contribution in [-0.4, -0.2) is 31.4 Å². The smallest absolute Gasteiger partial charge is 0.239 e. The van der Waals surface area contributed by atoms with Gasteiger partial charge in [0.15, 0.2) is 0 Å². The van der Waals surface area contributed by atoms with E-state index < -0.39 is 39.8 Å². The number of para-hydroxylation sites is 1. The molecule has 0 fully saturated rings. The molecule has 134 valence electrons. The summed E-state index contributed by atoms with van der Waals surface area (Å²) < 4.78 is 52.1. The van der Waals surface area contributed by atoms with Gasteiger partial charge >= 0.3 is 0 Å². The van der Waals surface area contributed by atoms with E-state index >= 15 is 0 Å². The number of nitrogens with one attached hydrogen (secondary N) is 1. The maximum atomic E-state index is 13.6. The van der Waals surface area contributed by atoms with Crippen LogP contribution >= 0.6 is 0 Å². The molecule has 8 heteroatoms. The molecule has 0 spiro atoms. The van der Waals surface area contributed by atoms with E-state index in [0.29, 0.717) is 0 Å². The van der Waals surface area contributed by atoms with Gasteiger partial charge in [-0.1, -0.05) is 30.3 Å². The first-order valence-corrected chi connectivity index (χ1v) is 9.27. The van der Waals surface area contributed by atoms with Crippen LogP contribution < -0.4 is 5.32 Å². The third-order valence-corrected chi connectivity index (χ3v) is 4.82. The van der Waals surface area contributed by atoms with Crippen molar-refractivity contribution in [3.05, 3.63) is 65.2 Å². The molecule has 0 saturated heterocycles. The minimum Gasteiger partial charge on any atom is -0.320 e. The van der Waals surface area contributed by atoms with Gasteiger partial charge in [-0.05, 0) is 30.2 Å². The quantitative estimate of drug-likeness (QED) is 0.853. The van der Waals surface area contributed by atoms with Crippen molar-refractivity contribution in [3.8, 4) is 0 Å². The van der Waals surface area contributed by atoms with Crippen molar-refractivity contribution in [2.75, 3.05) is 18.1 Å². The standard InChI is InChI=1S/C17H18F2N2O3S/c1-12-6-3-4-7-13(12)10-21(25(2,23)24)11-16(22)20-17-14(18)8-5-9-15(17)19/h3-9H,10-11H2,1-2H3,(H,20,22). The highest BCUT2D eigenvalue weighted by molar-refractivity contribution is 7.88. The summed E-state index contributed by atoms with van der Waals surface area (Å²) in [6, 6.07) is 10.3. The van der Waals surface area contributed by atoms with Gasteiger partial charge in [0.1, 0.15) is 17.3 Å². The van der Waals surface area contributed by atoms with Gasteiger partial charge in [-0.2, -0.15) is 4.31 Å². The molecule has 0 atom stereocenters. The van der Waals surface area contributed by atoms with Crippen molar-refractivity contribution in [2.45, 2.75) is 13.5 Å². The van der Waals surface area contributed by atoms with Gasteiger partial charge in [0, 0.05) is 6.54 Å². The molecule has 1 N–H and O–H groups in total. The lowest BCUT2D eigenvalue weighted by Crippen LogP contribution is -2.37. The second-order valence-electron chi connectivity index (χ2n) is 5.60. The Morgan fingerprint density at radius 2 is 1.68 bits per heavy atom. The van der Waals surface area contributed by atoms with Crippen molar-refractivity contribution in [1.29, 1.82) is 0 Å². The molecule has 0 aliphatic heterocycles. The lowest BCUT2D eigenvalue weighted by Gasteiger charge is -2.20. The van der Waals surface area contributed by atoms with Crippen molar-refractivity contribution >= 4 is 21.6 Å². The topological polar surface area (TPSA) is 66.5 Å². The number of anilines is 1. The van der Waals surface area contributed by atoms with Crippen LogP contribution in [0.1, 0.15) is 11.1 Å². The van der Waals surface area contributed by atoms with Crippen LogP contribution in [0.5, 0.6) is 0 Å². The molecule has 0 aromatic heterocycles. The monoisotopic (exact) mass is 368 g/mol. The Morgan fingerprint density at radius 1 is 1.08 bits per heavy atom. The van der Waals surface area contributed by atoms with Crippen LogP contribution in [0.4, 0.5) is 14.5 Å². The van der Waals surface area contributed by atoms with E-state index in [-0.39, 0.29) is 6.54 Å². The number of hydrogen-bond acceptors (Lipinski definition) is 3. The number of benzene rings is 2. The molecule has 0 saturated carbocycles. The number of nitrogens with zero attached hydrogens (tertiary/aromatic N) is 1. The van der Waals surface area contributed by atoms with Gasteiger partial charge in [0.25, 0.3) is 0 Å². The van der Waals surface area contributed by atoms with Crippen LogP contribution in [-0.2, 0) is 21.4 Å². The van der Waals surface area contributed by atoms with Gasteiger partial charge in [-0.15, -0.1) is 0 Å². The second-order valence-corrected chi connectivity index (χ2v) is 7.58. The summed E-state index contributed by atoms with van der Waals surface area (Å²) in [5, 5.41) is 2.09. The first-order valence-electron chi connectivity index (χ1n) is 7.42. The molecule has 0 heterocycles. The molecular formula is C17H18F2N2O3S. The van der Waals surface area contributed by atoms with Crippen molar-refractivity contribution in [2.24, 2.45) is 0 Å². The van der Waals surface area contributed by atoms with Crippen molar-refractivity contribution in [3.63, 3.8) is 0 Å². The fourth-order valence-electron chi connectivity index (χ4n) is 2.22. The van der Waals surface area contributed by atoms with E-state index in [1.165, 1.54) is 6.07 Å². The van der Waals surface area contributed by atoms with Gasteiger partial charge in [0.05, 0.1) is 12.8 Å². The summed E-state index contributed by atoms with van der Waals surface area (Å²) in [6.45, 7) is 1.25. The molecule has 0 unspecified atom stereocenters. The highest BCUT2D eigenvalue weighted by Crippen LogP contribution is 2.18. The number of hydrogen-bond donors (Lipinski definition) is 1. The summed E-state index contributed by atoms with van der Waals surface area (Å²) in [4.78, 5) is 12.1. The third kappa shape index (κ3) is 5.07. The molecular weight excluding hydrogens is 350 g/mol. The Morgan fingerprint density at radius 3 is 2.24 bits per heavy atom. The minimum atomic E-state index is -3.70. The molecule has 2 rings (SSSR count). The zero-order valence-electron chi connectivity index (χ0n) is 13.8. The first-order chi connectivity index (χ1) is 11.7. The number of carbonyl (C=O) groups is 1. The largest absolute Gasteiger partial charge is 0.320 e. The average Bonchev–Trinajstić information content (AvgIpc) is 2.51. The van der Waals surface area contributed by atoms with Gasteiger partial charge in [-0.3, -0.25) is 4.79 Å². The highest BCUT2D eigenvalue weighted by Gasteiger charge is 2.22. The molecule has 0 aliphatic rings. The number of amides is 1. The van der Waals surface area contributed by atoms with E-state index in [4.69, 9.17) is 0 Å². The molecule has 1 amide bonds. The van der Waals surface area contributed by atoms with E-state index in [1.807, 2.05) is 19.1 Å². The van der Waals surface area contributed by atoms with E-state index in [0.717, 1.165) is 33.8 Å². The lowest BCUT2D eigenvalue weighted by atomic mass is 10.1. The molecule has 0 bridgehead atoms. The summed E-state index contributed by atoms with van der Waals surface area (Å²) in [6.07, 6.45) is 0.974. The predicted molar refractivity (Wildman–Crippen MR) is 91.4 cm³/mol. The van der Waals surface area contributed by atoms with Crippen LogP contribution in [0.25, 0.3) is 0 Å². The summed E-state index contributed by atoms with van der Waals surface area (Å²) >= 11 is 0. The van der Waals surface area contributed by atoms with Crippen molar-refractivity contribution < 1.29 is 22.0 Å². The van der Waals surface area contributed by atoms with E-state index in [1.54, 1.807) is 12.1 Å². The summed E-state index contributed by atoms with van der Waals surface area (Å²) in [5.41, 5.74) is 1.01. The summed E-state index contributed by atoms with van der Waals surface area (Å²) in [5.74, 6) is -2.70. The molecule has 2 aromatic rings. The molecule has 0 aliphatic carbocycles. The second kappa shape index (κ2) is 7.71. The fourth-order valence-corrected chi connectivity index (χ4v) is 2.95. The Labute approximate surface area is 145 Å². The Kier molecular flexibility index (Phi) is 5.86. The van der Waals surface area contributed by atoms with Gasteiger partial charge < -0.3 is 5.32 Å². The van der Waals surface area contributed by atoms with Crippen LogP contribution in [0, 0.1) is 18.6 Å². The number of halogens is 2. The first kappa shape index (κ1) is 19.0. The number of carbonyl (C=O) groups excluding carboxylic acids is 1. The fraction of sp³-hybridized carbons (Fsp3) is 0.235. The molecule has 0 radical (unpaired) electrons. The van der Waals surface area contributed by atoms with E-state index in [2.05, 4.69) is 5.32 Å². The third-order valence-electron chi connectivity index (χ3n) is 3.62. The number of sulfonamides is 1. The molecule has 25 heavy (non-hydrogen) atoms. The van der Waals surface area contributed by atoms with Gasteiger partial charge in [0.2, 0.25) is 15.9 Å². The zero-order valence-corrected chi connectivity index (χ0v) is 14.6. The lowest BCUT2D eigenvalue weighted by molar-refractivity contribution is -0.116.